The van der Waals surface area contributed by atoms with Gasteiger partial charge in [0.05, 0.1) is 28.4 Å². The summed E-state index contributed by atoms with van der Waals surface area (Å²) < 4.78 is 2.17. The number of benzene rings is 6. The fourth-order valence-corrected chi connectivity index (χ4v) is 9.35. The minimum Gasteiger partial charge on any atom is -0.298 e. The van der Waals surface area contributed by atoms with Crippen molar-refractivity contribution in [3.8, 4) is 50.7 Å². The van der Waals surface area contributed by atoms with Gasteiger partial charge in [-0.15, -0.1) is 0 Å². The Morgan fingerprint density at radius 2 is 1.39 bits per heavy atom. The molecule has 11 rings (SSSR count). The molecule has 0 bridgehead atoms. The molecule has 0 radical (unpaired) electrons. The van der Waals surface area contributed by atoms with Crippen molar-refractivity contribution in [2.75, 3.05) is 0 Å². The normalized spacial score (nSPS) is 14.0. The standard InChI is InChI=1S/C50H34N4/c1-50(2)41-26-30(29-51)19-22-34(41)35-23-20-33(28-42(35)50)46-38-16-8-6-14-36(38)45(37-15-7-9-17-39(37)46)32-21-24-43-40(27-32)48-49(54-25-11-10-18-44(54)53-48)47(52-43)31-12-4-3-5-13-31/h3-6,8-14,16-28H,7,15H2,1-2H3. The van der Waals surface area contributed by atoms with Crippen molar-refractivity contribution in [2.45, 2.75) is 32.1 Å². The van der Waals surface area contributed by atoms with Gasteiger partial charge in [-0.05, 0) is 122 Å². The zero-order valence-corrected chi connectivity index (χ0v) is 30.1. The summed E-state index contributed by atoms with van der Waals surface area (Å²) in [4.78, 5) is 10.5. The van der Waals surface area contributed by atoms with Crippen LogP contribution in [0.15, 0.2) is 140 Å². The van der Waals surface area contributed by atoms with Crippen LogP contribution >= 0.6 is 0 Å². The molecule has 9 aromatic rings. The molecule has 3 aromatic heterocycles. The third-order valence-electron chi connectivity index (χ3n) is 11.9. The minimum absolute atomic E-state index is 0.220. The van der Waals surface area contributed by atoms with Crippen LogP contribution in [0.3, 0.4) is 0 Å². The lowest BCUT2D eigenvalue weighted by atomic mass is 9.78. The van der Waals surface area contributed by atoms with Crippen molar-refractivity contribution in [1.82, 2.24) is 14.4 Å². The molecule has 0 saturated carbocycles. The molecule has 0 N–H and O–H groups in total. The van der Waals surface area contributed by atoms with Crippen LogP contribution in [-0.2, 0) is 11.8 Å². The Morgan fingerprint density at radius 3 is 2.22 bits per heavy atom. The first-order valence-corrected chi connectivity index (χ1v) is 18.7. The molecule has 254 valence electrons. The number of allylic oxidation sites excluding steroid dienone is 1. The topological polar surface area (TPSA) is 54.0 Å². The Kier molecular flexibility index (Phi) is 6.46. The molecule has 0 fully saturated rings. The summed E-state index contributed by atoms with van der Waals surface area (Å²) in [5.41, 5.74) is 19.0. The lowest BCUT2D eigenvalue weighted by molar-refractivity contribution is 0.660. The van der Waals surface area contributed by atoms with Crippen LogP contribution in [0.5, 0.6) is 0 Å². The van der Waals surface area contributed by atoms with E-state index >= 15 is 0 Å². The van der Waals surface area contributed by atoms with Crippen LogP contribution in [-0.4, -0.2) is 14.4 Å². The summed E-state index contributed by atoms with van der Waals surface area (Å²) in [6, 6.07) is 47.8. The highest BCUT2D eigenvalue weighted by atomic mass is 15.0. The van der Waals surface area contributed by atoms with Gasteiger partial charge in [0.15, 0.2) is 0 Å². The molecule has 2 aliphatic carbocycles. The number of hydrogen-bond donors (Lipinski definition) is 0. The third kappa shape index (κ3) is 4.30. The van der Waals surface area contributed by atoms with Crippen LogP contribution in [0.1, 0.15) is 48.1 Å². The fraction of sp³-hybridized carbons (Fsp3) is 0.100. The van der Waals surface area contributed by atoms with Crippen molar-refractivity contribution < 1.29 is 0 Å². The quantitative estimate of drug-likeness (QED) is 0.185. The molecule has 2 aliphatic rings. The maximum Gasteiger partial charge on any atom is 0.137 e. The summed E-state index contributed by atoms with van der Waals surface area (Å²) in [5, 5.41) is 13.2. The van der Waals surface area contributed by atoms with Gasteiger partial charge in [0.2, 0.25) is 0 Å². The van der Waals surface area contributed by atoms with E-state index in [2.05, 4.69) is 152 Å². The van der Waals surface area contributed by atoms with Gasteiger partial charge in [-0.3, -0.25) is 4.40 Å². The number of rotatable bonds is 3. The fourth-order valence-electron chi connectivity index (χ4n) is 9.35. The van der Waals surface area contributed by atoms with Gasteiger partial charge in [-0.1, -0.05) is 111 Å². The largest absolute Gasteiger partial charge is 0.298 e. The van der Waals surface area contributed by atoms with E-state index in [9.17, 15) is 5.26 Å². The second kappa shape index (κ2) is 11.3. The first-order valence-electron chi connectivity index (χ1n) is 18.7. The highest BCUT2D eigenvalue weighted by Gasteiger charge is 2.36. The molecule has 0 amide bonds. The Labute approximate surface area is 313 Å². The first kappa shape index (κ1) is 30.8. The SMILES string of the molecule is CC1(C)c2cc(C#N)ccc2-c2ccc(-c3c4c(c(-c5ccc6nc(-c7ccccc7)c7c(nc8ccccn87)c6c5)c5ccccc35)CCC=C4)cc21. The molecule has 0 atom stereocenters. The van der Waals surface area contributed by atoms with E-state index in [1.807, 2.05) is 18.2 Å². The average molecular weight is 691 g/mol. The molecule has 0 aliphatic heterocycles. The van der Waals surface area contributed by atoms with Crippen LogP contribution in [0.2, 0.25) is 0 Å². The van der Waals surface area contributed by atoms with Crippen LogP contribution < -0.4 is 0 Å². The van der Waals surface area contributed by atoms with E-state index in [1.165, 1.54) is 66.4 Å². The van der Waals surface area contributed by atoms with Gasteiger partial charge < -0.3 is 0 Å². The molecule has 6 aromatic carbocycles. The highest BCUT2D eigenvalue weighted by molar-refractivity contribution is 6.14. The minimum atomic E-state index is -0.220. The van der Waals surface area contributed by atoms with Gasteiger partial charge in [-0.2, -0.15) is 5.26 Å². The predicted octanol–water partition coefficient (Wildman–Crippen LogP) is 12.3. The van der Waals surface area contributed by atoms with Gasteiger partial charge in [-0.25, -0.2) is 9.97 Å². The van der Waals surface area contributed by atoms with Gasteiger partial charge in [0, 0.05) is 22.6 Å². The summed E-state index contributed by atoms with van der Waals surface area (Å²) in [7, 11) is 0. The number of nitrogens with zero attached hydrogens (tertiary/aromatic N) is 4. The van der Waals surface area contributed by atoms with E-state index < -0.39 is 0 Å². The van der Waals surface area contributed by atoms with Crippen molar-refractivity contribution in [2.24, 2.45) is 0 Å². The summed E-state index contributed by atoms with van der Waals surface area (Å²) >= 11 is 0. The molecular formula is C50H34N4. The molecule has 0 unspecified atom stereocenters. The Balaban J connectivity index is 1.15. The average Bonchev–Trinajstić information content (AvgIpc) is 3.72. The lowest BCUT2D eigenvalue weighted by Crippen LogP contribution is -2.15. The molecule has 0 spiro atoms. The molecule has 54 heavy (non-hydrogen) atoms. The van der Waals surface area contributed by atoms with E-state index in [4.69, 9.17) is 9.97 Å². The van der Waals surface area contributed by atoms with Gasteiger partial charge >= 0.3 is 0 Å². The summed E-state index contributed by atoms with van der Waals surface area (Å²) in [6.45, 7) is 4.58. The smallest absolute Gasteiger partial charge is 0.137 e. The number of fused-ring (bicyclic) bond motifs is 10. The van der Waals surface area contributed by atoms with Crippen molar-refractivity contribution >= 4 is 44.4 Å². The zero-order valence-electron chi connectivity index (χ0n) is 30.1. The number of hydrogen-bond acceptors (Lipinski definition) is 3. The van der Waals surface area contributed by atoms with Crippen LogP contribution in [0, 0.1) is 11.3 Å². The molecular weight excluding hydrogens is 657 g/mol. The van der Waals surface area contributed by atoms with E-state index in [0.29, 0.717) is 5.56 Å². The van der Waals surface area contributed by atoms with Crippen molar-refractivity contribution in [3.63, 3.8) is 0 Å². The Bertz CT molecular complexity index is 3140. The maximum absolute atomic E-state index is 9.69. The number of nitriles is 1. The monoisotopic (exact) mass is 690 g/mol. The predicted molar refractivity (Wildman–Crippen MR) is 221 cm³/mol. The van der Waals surface area contributed by atoms with E-state index in [0.717, 1.165) is 51.7 Å². The first-order chi connectivity index (χ1) is 26.5. The second-order valence-corrected chi connectivity index (χ2v) is 15.2. The third-order valence-corrected chi connectivity index (χ3v) is 11.9. The number of aromatic nitrogens is 3. The van der Waals surface area contributed by atoms with E-state index in [1.54, 1.807) is 0 Å². The Hall–Kier alpha value is -6.83. The molecule has 3 heterocycles. The molecule has 0 saturated heterocycles. The highest BCUT2D eigenvalue weighted by Crippen LogP contribution is 2.52. The summed E-state index contributed by atoms with van der Waals surface area (Å²) in [5.74, 6) is 0. The Morgan fingerprint density at radius 1 is 0.667 bits per heavy atom. The molecule has 4 nitrogen and oxygen atoms in total. The van der Waals surface area contributed by atoms with Crippen LogP contribution in [0.25, 0.3) is 89.1 Å². The number of pyridine rings is 2. The number of imidazole rings is 1. The lowest BCUT2D eigenvalue weighted by Gasteiger charge is -2.25. The van der Waals surface area contributed by atoms with E-state index in [-0.39, 0.29) is 5.41 Å². The summed E-state index contributed by atoms with van der Waals surface area (Å²) in [6.07, 6.45) is 8.73. The zero-order chi connectivity index (χ0) is 36.1. The van der Waals surface area contributed by atoms with Crippen molar-refractivity contribution in [3.05, 3.63) is 167 Å². The van der Waals surface area contributed by atoms with Gasteiger partial charge in [0.25, 0.3) is 0 Å². The van der Waals surface area contributed by atoms with Crippen molar-refractivity contribution in [1.29, 1.82) is 5.26 Å². The van der Waals surface area contributed by atoms with Gasteiger partial charge in [0.1, 0.15) is 11.2 Å². The molecule has 4 heteroatoms. The second-order valence-electron chi connectivity index (χ2n) is 15.2. The van der Waals surface area contributed by atoms with Crippen LogP contribution in [0.4, 0.5) is 0 Å². The maximum atomic E-state index is 9.69.